The molecule has 0 fully saturated rings. The molecule has 0 saturated heterocycles. The van der Waals surface area contributed by atoms with Gasteiger partial charge in [-0.1, -0.05) is 0 Å². The van der Waals surface area contributed by atoms with E-state index < -0.39 is 1.89 Å². The van der Waals surface area contributed by atoms with E-state index in [4.69, 9.17) is 0 Å². The third-order valence-electron chi connectivity index (χ3n) is 3.63. The Morgan fingerprint density at radius 2 is 0.667 bits per heavy atom. The Labute approximate surface area is 151 Å². The zero-order valence-electron chi connectivity index (χ0n) is 11.4. The Hall–Kier alpha value is -0.450. The first kappa shape index (κ1) is 15.4. The van der Waals surface area contributed by atoms with Crippen molar-refractivity contribution in [3.05, 3.63) is 91.0 Å². The average Bonchev–Trinajstić information content (AvgIpc) is 2.57. The van der Waals surface area contributed by atoms with Crippen molar-refractivity contribution in [3.63, 3.8) is 0 Å². The van der Waals surface area contributed by atoms with Crippen molar-refractivity contribution < 1.29 is 0 Å². The van der Waals surface area contributed by atoms with Gasteiger partial charge in [0.2, 0.25) is 0 Å². The SMILES string of the molecule is IP(I)(c1ccccc1)(c1ccccc1)c1ccccc1. The molecule has 0 aliphatic carbocycles. The Bertz CT molecular complexity index is 622. The van der Waals surface area contributed by atoms with Crippen molar-refractivity contribution in [3.8, 4) is 0 Å². The fourth-order valence-corrected chi connectivity index (χ4v) is 11.3. The Morgan fingerprint density at radius 1 is 0.429 bits per heavy atom. The van der Waals surface area contributed by atoms with E-state index in [1.54, 1.807) is 0 Å². The van der Waals surface area contributed by atoms with E-state index in [-0.39, 0.29) is 0 Å². The summed E-state index contributed by atoms with van der Waals surface area (Å²) < 4.78 is -2.43. The van der Waals surface area contributed by atoms with E-state index in [1.807, 2.05) is 0 Å². The fourth-order valence-electron chi connectivity index (χ4n) is 2.52. The van der Waals surface area contributed by atoms with Gasteiger partial charge in [-0.3, -0.25) is 0 Å². The molecular weight excluding hydrogens is 501 g/mol. The number of hydrogen-bond donors (Lipinski definition) is 0. The van der Waals surface area contributed by atoms with Crippen LogP contribution in [0.1, 0.15) is 0 Å². The number of benzene rings is 3. The van der Waals surface area contributed by atoms with Crippen LogP contribution in [-0.2, 0) is 0 Å². The van der Waals surface area contributed by atoms with Crippen LogP contribution in [0.5, 0.6) is 0 Å². The molecule has 106 valence electrons. The standard InChI is InChI=1S/C18H15I2P/c19-21(20,16-10-4-1-5-11-16,17-12-6-2-7-13-17)18-14-8-3-9-15-18/h1-15H. The molecule has 0 radical (unpaired) electrons. The van der Waals surface area contributed by atoms with Gasteiger partial charge in [-0.25, -0.2) is 0 Å². The summed E-state index contributed by atoms with van der Waals surface area (Å²) in [7, 11) is 0. The van der Waals surface area contributed by atoms with E-state index in [9.17, 15) is 0 Å². The first-order valence-corrected chi connectivity index (χ1v) is 14.5. The average molecular weight is 516 g/mol. The maximum absolute atomic E-state index is 2.72. The van der Waals surface area contributed by atoms with Crippen molar-refractivity contribution in [1.82, 2.24) is 0 Å². The number of hydrogen-bond acceptors (Lipinski definition) is 0. The molecule has 0 unspecified atom stereocenters. The Kier molecular flexibility index (Phi) is 4.40. The van der Waals surface area contributed by atoms with Gasteiger partial charge in [-0.15, -0.1) is 0 Å². The molecule has 0 heterocycles. The number of rotatable bonds is 3. The molecule has 3 rings (SSSR count). The predicted molar refractivity (Wildman–Crippen MR) is 113 cm³/mol. The van der Waals surface area contributed by atoms with Crippen LogP contribution < -0.4 is 15.9 Å². The first-order valence-electron chi connectivity index (χ1n) is 6.74. The molecule has 0 nitrogen and oxygen atoms in total. The van der Waals surface area contributed by atoms with Crippen LogP contribution in [0.15, 0.2) is 91.0 Å². The summed E-state index contributed by atoms with van der Waals surface area (Å²) in [6.45, 7) is 0. The van der Waals surface area contributed by atoms with Gasteiger partial charge in [0.1, 0.15) is 0 Å². The quantitative estimate of drug-likeness (QED) is 0.331. The summed E-state index contributed by atoms with van der Waals surface area (Å²) in [5.74, 6) is 0. The summed E-state index contributed by atoms with van der Waals surface area (Å²) in [4.78, 5) is 0. The van der Waals surface area contributed by atoms with E-state index in [1.165, 1.54) is 15.9 Å². The zero-order chi connectivity index (χ0) is 14.8. The van der Waals surface area contributed by atoms with Gasteiger partial charge in [-0.05, 0) is 0 Å². The first-order chi connectivity index (χ1) is 10.1. The molecule has 21 heavy (non-hydrogen) atoms. The summed E-state index contributed by atoms with van der Waals surface area (Å²) in [5, 5.41) is 4.21. The van der Waals surface area contributed by atoms with Crippen molar-refractivity contribution >= 4 is 61.9 Å². The summed E-state index contributed by atoms with van der Waals surface area (Å²) in [6, 6.07) is 32.7. The van der Waals surface area contributed by atoms with Gasteiger partial charge in [0, 0.05) is 0 Å². The molecule has 0 aromatic heterocycles. The molecule has 0 aliphatic heterocycles. The minimum absolute atomic E-state index is 1.40. The Balaban J connectivity index is 2.36. The van der Waals surface area contributed by atoms with Crippen molar-refractivity contribution in [2.75, 3.05) is 0 Å². The van der Waals surface area contributed by atoms with Crippen LogP contribution in [0.2, 0.25) is 0 Å². The normalized spacial score (nSPS) is 13.3. The van der Waals surface area contributed by atoms with Crippen LogP contribution in [0.4, 0.5) is 0 Å². The second-order valence-corrected chi connectivity index (χ2v) is 25.4. The molecule has 0 bridgehead atoms. The van der Waals surface area contributed by atoms with Gasteiger partial charge in [0.15, 0.2) is 0 Å². The molecular formula is C18H15I2P. The van der Waals surface area contributed by atoms with Crippen LogP contribution in [0.25, 0.3) is 0 Å². The van der Waals surface area contributed by atoms with Gasteiger partial charge < -0.3 is 0 Å². The number of halogens is 2. The third-order valence-corrected chi connectivity index (χ3v) is 17.3. The molecule has 3 heteroatoms. The summed E-state index contributed by atoms with van der Waals surface area (Å²) >= 11 is 5.45. The van der Waals surface area contributed by atoms with E-state index in [0.29, 0.717) is 0 Å². The molecule has 0 aliphatic rings. The zero-order valence-corrected chi connectivity index (χ0v) is 16.6. The van der Waals surface area contributed by atoms with Gasteiger partial charge in [-0.2, -0.15) is 0 Å². The fraction of sp³-hybridized carbons (Fsp3) is 0. The second kappa shape index (κ2) is 5.98. The van der Waals surface area contributed by atoms with Crippen molar-refractivity contribution in [2.45, 2.75) is 0 Å². The summed E-state index contributed by atoms with van der Waals surface area (Å²) in [6.07, 6.45) is 0. The molecule has 0 N–H and O–H groups in total. The van der Waals surface area contributed by atoms with Gasteiger partial charge in [0.25, 0.3) is 0 Å². The van der Waals surface area contributed by atoms with E-state index >= 15 is 0 Å². The van der Waals surface area contributed by atoms with E-state index in [2.05, 4.69) is 135 Å². The monoisotopic (exact) mass is 516 g/mol. The topological polar surface area (TPSA) is 0 Å². The second-order valence-electron chi connectivity index (χ2n) is 4.91. The van der Waals surface area contributed by atoms with Crippen LogP contribution >= 0.6 is 46.0 Å². The van der Waals surface area contributed by atoms with Crippen molar-refractivity contribution in [1.29, 1.82) is 0 Å². The van der Waals surface area contributed by atoms with Crippen LogP contribution in [0, 0.1) is 0 Å². The van der Waals surface area contributed by atoms with Crippen molar-refractivity contribution in [2.24, 2.45) is 0 Å². The van der Waals surface area contributed by atoms with E-state index in [0.717, 1.165) is 0 Å². The molecule has 0 amide bonds. The van der Waals surface area contributed by atoms with Crippen LogP contribution in [-0.4, -0.2) is 0 Å². The predicted octanol–water partition coefficient (Wildman–Crippen LogP) is 5.22. The minimum atomic E-state index is -2.43. The maximum atomic E-state index is 2.72. The summed E-state index contributed by atoms with van der Waals surface area (Å²) in [5.41, 5.74) is 0. The molecule has 3 aromatic carbocycles. The van der Waals surface area contributed by atoms with Crippen LogP contribution in [0.3, 0.4) is 0 Å². The molecule has 0 atom stereocenters. The molecule has 0 spiro atoms. The van der Waals surface area contributed by atoms with Gasteiger partial charge >= 0.3 is 153 Å². The molecule has 0 saturated carbocycles. The van der Waals surface area contributed by atoms with Gasteiger partial charge in [0.05, 0.1) is 0 Å². The third kappa shape index (κ3) is 2.66. The Morgan fingerprint density at radius 3 is 0.905 bits per heavy atom. The molecule has 3 aromatic rings.